The summed E-state index contributed by atoms with van der Waals surface area (Å²) >= 11 is 0. The van der Waals surface area contributed by atoms with Crippen molar-refractivity contribution < 1.29 is 0 Å². The smallest absolute Gasteiger partial charge is 0.0197 e. The highest BCUT2D eigenvalue weighted by Crippen LogP contribution is 2.46. The van der Waals surface area contributed by atoms with Gasteiger partial charge in [0.15, 0.2) is 0 Å². The maximum Gasteiger partial charge on any atom is 0.0197 e. The third-order valence-corrected chi connectivity index (χ3v) is 5.93. The van der Waals surface area contributed by atoms with Crippen molar-refractivity contribution in [2.45, 2.75) is 69.7 Å². The van der Waals surface area contributed by atoms with Gasteiger partial charge in [-0.2, -0.15) is 0 Å². The molecule has 0 radical (unpaired) electrons. The lowest BCUT2D eigenvalue weighted by atomic mass is 9.71. The fraction of sp³-hybridized carbons (Fsp3) is 0.684. The van der Waals surface area contributed by atoms with Gasteiger partial charge in [0.1, 0.15) is 0 Å². The van der Waals surface area contributed by atoms with Gasteiger partial charge in [-0.05, 0) is 79.9 Å². The molecule has 0 aliphatic heterocycles. The summed E-state index contributed by atoms with van der Waals surface area (Å²) in [6.45, 7) is 0. The summed E-state index contributed by atoms with van der Waals surface area (Å²) in [6, 6.07) is 7.17. The summed E-state index contributed by atoms with van der Waals surface area (Å²) in [6.07, 6.45) is 13.2. The van der Waals surface area contributed by atoms with E-state index < -0.39 is 0 Å². The number of benzene rings is 1. The lowest BCUT2D eigenvalue weighted by Gasteiger charge is -2.38. The Kier molecular flexibility index (Phi) is 3.14. The monoisotopic (exact) mass is 269 g/mol. The van der Waals surface area contributed by atoms with Crippen LogP contribution >= 0.6 is 0 Å². The molecule has 0 aromatic heterocycles. The van der Waals surface area contributed by atoms with Crippen LogP contribution < -0.4 is 5.73 Å². The van der Waals surface area contributed by atoms with Crippen LogP contribution in [-0.4, -0.2) is 5.54 Å². The van der Waals surface area contributed by atoms with Crippen LogP contribution in [0.4, 0.5) is 0 Å². The fourth-order valence-electron chi connectivity index (χ4n) is 4.71. The number of hydrogen-bond donors (Lipinski definition) is 1. The quantitative estimate of drug-likeness (QED) is 0.881. The van der Waals surface area contributed by atoms with Gasteiger partial charge in [-0.3, -0.25) is 0 Å². The Hall–Kier alpha value is -0.820. The van der Waals surface area contributed by atoms with Crippen LogP contribution in [0.2, 0.25) is 0 Å². The van der Waals surface area contributed by atoms with Crippen molar-refractivity contribution in [2.75, 3.05) is 0 Å². The molecule has 0 amide bonds. The molecule has 4 rings (SSSR count). The van der Waals surface area contributed by atoms with E-state index in [2.05, 4.69) is 18.2 Å². The van der Waals surface area contributed by atoms with E-state index in [1.165, 1.54) is 63.4 Å². The molecule has 2 fully saturated rings. The summed E-state index contributed by atoms with van der Waals surface area (Å²) in [5.74, 6) is 1.96. The second kappa shape index (κ2) is 4.87. The molecule has 108 valence electrons. The molecule has 3 aliphatic rings. The van der Waals surface area contributed by atoms with E-state index >= 15 is 0 Å². The minimum atomic E-state index is 0.0817. The van der Waals surface area contributed by atoms with Crippen LogP contribution in [0.1, 0.15) is 61.6 Å². The molecule has 1 aromatic carbocycles. The summed E-state index contributed by atoms with van der Waals surface area (Å²) in [7, 11) is 0. The molecule has 2 unspecified atom stereocenters. The molecule has 1 nitrogen and oxygen atoms in total. The van der Waals surface area contributed by atoms with Crippen molar-refractivity contribution in [1.82, 2.24) is 0 Å². The molecule has 2 saturated carbocycles. The van der Waals surface area contributed by atoms with Gasteiger partial charge in [-0.25, -0.2) is 0 Å². The van der Waals surface area contributed by atoms with Crippen LogP contribution in [0, 0.1) is 11.8 Å². The minimum Gasteiger partial charge on any atom is -0.325 e. The molecule has 3 aliphatic carbocycles. The number of hydrogen-bond acceptors (Lipinski definition) is 1. The zero-order chi connectivity index (χ0) is 13.6. The second-order valence-corrected chi connectivity index (χ2v) is 7.69. The number of nitrogens with two attached hydrogens (primary N) is 1. The lowest BCUT2D eigenvalue weighted by Crippen LogP contribution is -2.46. The highest BCUT2D eigenvalue weighted by Gasteiger charge is 2.39. The first-order valence-electron chi connectivity index (χ1n) is 8.61. The van der Waals surface area contributed by atoms with Gasteiger partial charge >= 0.3 is 0 Å². The summed E-state index contributed by atoms with van der Waals surface area (Å²) in [5, 5.41) is 0. The van der Waals surface area contributed by atoms with Crippen LogP contribution in [-0.2, 0) is 19.3 Å². The van der Waals surface area contributed by atoms with Crippen molar-refractivity contribution in [3.05, 3.63) is 34.9 Å². The molecule has 1 aromatic rings. The Balaban J connectivity index is 1.49. The SMILES string of the molecule is NC1(Cc2ccc3c(c2)CCC3)CCCC(C2CC2)C1. The highest BCUT2D eigenvalue weighted by molar-refractivity contribution is 5.36. The van der Waals surface area contributed by atoms with Gasteiger partial charge in [-0.15, -0.1) is 0 Å². The van der Waals surface area contributed by atoms with Crippen LogP contribution in [0.3, 0.4) is 0 Å². The Morgan fingerprint density at radius 1 is 1.00 bits per heavy atom. The van der Waals surface area contributed by atoms with Gasteiger partial charge in [-0.1, -0.05) is 31.0 Å². The zero-order valence-corrected chi connectivity index (χ0v) is 12.5. The molecular formula is C19H27N. The molecule has 0 spiro atoms. The van der Waals surface area contributed by atoms with E-state index in [1.54, 1.807) is 11.1 Å². The van der Waals surface area contributed by atoms with Crippen molar-refractivity contribution in [3.8, 4) is 0 Å². The van der Waals surface area contributed by atoms with E-state index in [-0.39, 0.29) is 5.54 Å². The standard InChI is InChI=1S/C19H27N/c20-19(10-2-5-18(13-19)16-8-9-16)12-14-6-7-15-3-1-4-17(15)11-14/h6-7,11,16,18H,1-5,8-10,12-13,20H2. The van der Waals surface area contributed by atoms with Gasteiger partial charge < -0.3 is 5.73 Å². The van der Waals surface area contributed by atoms with E-state index in [9.17, 15) is 0 Å². The van der Waals surface area contributed by atoms with Crippen LogP contribution in [0.5, 0.6) is 0 Å². The molecule has 1 heteroatoms. The number of aryl methyl sites for hydroxylation is 2. The minimum absolute atomic E-state index is 0.0817. The average molecular weight is 269 g/mol. The van der Waals surface area contributed by atoms with Gasteiger partial charge in [0.2, 0.25) is 0 Å². The first-order chi connectivity index (χ1) is 9.72. The predicted molar refractivity (Wildman–Crippen MR) is 83.8 cm³/mol. The Bertz CT molecular complexity index is 502. The molecule has 0 bridgehead atoms. The van der Waals surface area contributed by atoms with E-state index in [4.69, 9.17) is 5.73 Å². The first-order valence-corrected chi connectivity index (χ1v) is 8.61. The third-order valence-electron chi connectivity index (χ3n) is 5.93. The topological polar surface area (TPSA) is 26.0 Å². The molecule has 20 heavy (non-hydrogen) atoms. The van der Waals surface area contributed by atoms with E-state index in [1.807, 2.05) is 0 Å². The van der Waals surface area contributed by atoms with Crippen molar-refractivity contribution in [2.24, 2.45) is 17.6 Å². The summed E-state index contributed by atoms with van der Waals surface area (Å²) in [5.41, 5.74) is 11.5. The molecule has 0 saturated heterocycles. The third kappa shape index (κ3) is 2.53. The van der Waals surface area contributed by atoms with Crippen LogP contribution in [0.25, 0.3) is 0 Å². The maximum absolute atomic E-state index is 6.79. The molecular weight excluding hydrogens is 242 g/mol. The average Bonchev–Trinajstić information content (AvgIpc) is 3.17. The largest absolute Gasteiger partial charge is 0.325 e. The molecule has 2 N–H and O–H groups in total. The Morgan fingerprint density at radius 3 is 2.70 bits per heavy atom. The zero-order valence-electron chi connectivity index (χ0n) is 12.5. The number of fused-ring (bicyclic) bond motifs is 1. The molecule has 2 atom stereocenters. The van der Waals surface area contributed by atoms with Crippen molar-refractivity contribution in [3.63, 3.8) is 0 Å². The van der Waals surface area contributed by atoms with Gasteiger partial charge in [0.05, 0.1) is 0 Å². The first kappa shape index (κ1) is 12.9. The Morgan fingerprint density at radius 2 is 1.85 bits per heavy atom. The van der Waals surface area contributed by atoms with Gasteiger partial charge in [0, 0.05) is 5.54 Å². The summed E-state index contributed by atoms with van der Waals surface area (Å²) < 4.78 is 0. The van der Waals surface area contributed by atoms with E-state index in [0.717, 1.165) is 18.3 Å². The normalized spacial score (nSPS) is 33.1. The van der Waals surface area contributed by atoms with E-state index in [0.29, 0.717) is 0 Å². The van der Waals surface area contributed by atoms with Crippen molar-refractivity contribution >= 4 is 0 Å². The fourth-order valence-corrected chi connectivity index (χ4v) is 4.71. The Labute approximate surface area is 122 Å². The van der Waals surface area contributed by atoms with Crippen LogP contribution in [0.15, 0.2) is 18.2 Å². The van der Waals surface area contributed by atoms with Gasteiger partial charge in [0.25, 0.3) is 0 Å². The predicted octanol–water partition coefficient (Wildman–Crippen LogP) is 4.02. The summed E-state index contributed by atoms with van der Waals surface area (Å²) in [4.78, 5) is 0. The van der Waals surface area contributed by atoms with Crippen molar-refractivity contribution in [1.29, 1.82) is 0 Å². The second-order valence-electron chi connectivity index (χ2n) is 7.69. The number of rotatable bonds is 3. The molecule has 0 heterocycles. The highest BCUT2D eigenvalue weighted by atomic mass is 14.8. The lowest BCUT2D eigenvalue weighted by molar-refractivity contribution is 0.204. The maximum atomic E-state index is 6.79.